The molecule has 1 N–H and O–H groups in total. The van der Waals surface area contributed by atoms with Gasteiger partial charge < -0.3 is 9.64 Å². The van der Waals surface area contributed by atoms with E-state index in [9.17, 15) is 26.4 Å². The Bertz CT molecular complexity index is 1160. The average molecular weight is 504 g/mol. The van der Waals surface area contributed by atoms with Gasteiger partial charge >= 0.3 is 12.2 Å². The highest BCUT2D eigenvalue weighted by Crippen LogP contribution is 2.39. The number of hydrogen-bond donors (Lipinski definition) is 1. The molecule has 4 rings (SSSR count). The van der Waals surface area contributed by atoms with E-state index in [0.717, 1.165) is 0 Å². The highest BCUT2D eigenvalue weighted by molar-refractivity contribution is 7.89. The van der Waals surface area contributed by atoms with E-state index in [-0.39, 0.29) is 28.2 Å². The molecule has 2 saturated heterocycles. The van der Waals surface area contributed by atoms with Gasteiger partial charge in [0.2, 0.25) is 10.0 Å². The summed E-state index contributed by atoms with van der Waals surface area (Å²) in [6.45, 7) is 0.961. The van der Waals surface area contributed by atoms with Crippen molar-refractivity contribution in [2.45, 2.75) is 36.0 Å². The second-order valence-corrected chi connectivity index (χ2v) is 10.4. The lowest BCUT2D eigenvalue weighted by Gasteiger charge is -2.24. The van der Waals surface area contributed by atoms with Gasteiger partial charge in [-0.3, -0.25) is 4.90 Å². The number of carbonyl (C=O) groups excluding carboxylic acids is 1. The fourth-order valence-electron chi connectivity index (χ4n) is 4.27. The zero-order valence-electron chi connectivity index (χ0n) is 17.5. The molecule has 0 spiro atoms. The van der Waals surface area contributed by atoms with Crippen LogP contribution in [0.25, 0.3) is 0 Å². The lowest BCUT2D eigenvalue weighted by Crippen LogP contribution is -2.40. The summed E-state index contributed by atoms with van der Waals surface area (Å²) in [6.07, 6.45) is -4.04. The van der Waals surface area contributed by atoms with Crippen LogP contribution in [-0.4, -0.2) is 56.8 Å². The summed E-state index contributed by atoms with van der Waals surface area (Å²) in [5.41, 5.74) is -0.0980. The first-order chi connectivity index (χ1) is 15.4. The second-order valence-electron chi connectivity index (χ2n) is 8.33. The topological polar surface area (TPSA) is 79.0 Å². The number of nitrogens with one attached hydrogen (secondary N) is 1. The lowest BCUT2D eigenvalue weighted by atomic mass is 9.98. The number of amides is 2. The number of anilines is 1. The molecule has 2 aromatic carbocycles. The largest absolute Gasteiger partial charge is 0.484 e. The Hall–Kier alpha value is -2.50. The van der Waals surface area contributed by atoms with E-state index in [1.165, 1.54) is 41.3 Å². The number of alkyl halides is 3. The molecule has 2 aromatic rings. The molecule has 2 atom stereocenters. The molecule has 0 unspecified atom stereocenters. The van der Waals surface area contributed by atoms with Gasteiger partial charge in [-0.2, -0.15) is 13.2 Å². The van der Waals surface area contributed by atoms with Crippen LogP contribution in [0.4, 0.5) is 23.7 Å². The van der Waals surface area contributed by atoms with Crippen molar-refractivity contribution in [1.29, 1.82) is 0 Å². The molecule has 0 bridgehead atoms. The van der Waals surface area contributed by atoms with Crippen LogP contribution in [0.2, 0.25) is 5.02 Å². The number of hydrogen-bond acceptors (Lipinski definition) is 4. The number of nitrogens with zero attached hydrogens (tertiary/aromatic N) is 2. The summed E-state index contributed by atoms with van der Waals surface area (Å²) in [5, 5.41) is 0.111. The summed E-state index contributed by atoms with van der Waals surface area (Å²) in [4.78, 5) is 16.2. The Morgan fingerprint density at radius 3 is 2.45 bits per heavy atom. The maximum atomic E-state index is 13.0. The minimum absolute atomic E-state index is 0.0235. The van der Waals surface area contributed by atoms with Gasteiger partial charge in [0.15, 0.2) is 6.61 Å². The number of fused-ring (bicyclic) bond motifs is 1. The first-order valence-corrected chi connectivity index (χ1v) is 11.9. The standard InChI is InChI=1S/C21H21ClF3N3O4S/c1-20-10-14(26-33(30,31)18-5-3-2-4-17(18)22)11-28(20)19(29)27(12-20)15-6-8-16(9-7-15)32-13-21(23,24)25/h2-9,14,26H,10-13H2,1H3/t14-,20+/m0/s1. The first kappa shape index (κ1) is 23.7. The normalized spacial score (nSPS) is 23.2. The fraction of sp³-hybridized carbons (Fsp3) is 0.381. The molecule has 178 valence electrons. The van der Waals surface area contributed by atoms with Crippen LogP contribution in [0.1, 0.15) is 13.3 Å². The molecule has 0 aromatic heterocycles. The predicted molar refractivity (Wildman–Crippen MR) is 116 cm³/mol. The maximum absolute atomic E-state index is 13.0. The third-order valence-electron chi connectivity index (χ3n) is 5.70. The Labute approximate surface area is 194 Å². The van der Waals surface area contributed by atoms with E-state index in [2.05, 4.69) is 4.72 Å². The molecular weight excluding hydrogens is 483 g/mol. The number of carbonyl (C=O) groups is 1. The molecule has 2 heterocycles. The zero-order valence-corrected chi connectivity index (χ0v) is 19.0. The molecule has 0 aliphatic carbocycles. The van der Waals surface area contributed by atoms with Gasteiger partial charge in [-0.15, -0.1) is 0 Å². The summed E-state index contributed by atoms with van der Waals surface area (Å²) in [6, 6.07) is 11.1. The van der Waals surface area contributed by atoms with Gasteiger partial charge in [0.25, 0.3) is 0 Å². The van der Waals surface area contributed by atoms with Gasteiger partial charge in [0, 0.05) is 18.3 Å². The maximum Gasteiger partial charge on any atom is 0.422 e. The van der Waals surface area contributed by atoms with Crippen molar-refractivity contribution >= 4 is 33.3 Å². The van der Waals surface area contributed by atoms with Crippen molar-refractivity contribution < 1.29 is 31.1 Å². The van der Waals surface area contributed by atoms with Crippen molar-refractivity contribution in [1.82, 2.24) is 9.62 Å². The molecule has 7 nitrogen and oxygen atoms in total. The van der Waals surface area contributed by atoms with Gasteiger partial charge in [-0.05, 0) is 49.7 Å². The molecule has 2 aliphatic heterocycles. The lowest BCUT2D eigenvalue weighted by molar-refractivity contribution is -0.153. The van der Waals surface area contributed by atoms with Crippen LogP contribution in [0.5, 0.6) is 5.75 Å². The summed E-state index contributed by atoms with van der Waals surface area (Å²) in [7, 11) is -3.86. The van der Waals surface area contributed by atoms with E-state index in [0.29, 0.717) is 18.7 Å². The Morgan fingerprint density at radius 1 is 1.18 bits per heavy atom. The van der Waals surface area contributed by atoms with Crippen molar-refractivity contribution in [3.63, 3.8) is 0 Å². The van der Waals surface area contributed by atoms with Gasteiger partial charge in [0.05, 0.1) is 17.1 Å². The van der Waals surface area contributed by atoms with Crippen molar-refractivity contribution in [2.75, 3.05) is 24.6 Å². The monoisotopic (exact) mass is 503 g/mol. The molecule has 2 aliphatic rings. The van der Waals surface area contributed by atoms with E-state index in [1.54, 1.807) is 17.0 Å². The van der Waals surface area contributed by atoms with Crippen LogP contribution in [0.15, 0.2) is 53.4 Å². The number of sulfonamides is 1. The van der Waals surface area contributed by atoms with Crippen molar-refractivity contribution in [2.24, 2.45) is 0 Å². The van der Waals surface area contributed by atoms with Crippen LogP contribution in [-0.2, 0) is 10.0 Å². The van der Waals surface area contributed by atoms with Gasteiger partial charge in [-0.25, -0.2) is 17.9 Å². The number of benzene rings is 2. The first-order valence-electron chi connectivity index (χ1n) is 10.0. The number of rotatable bonds is 6. The van der Waals surface area contributed by atoms with E-state index >= 15 is 0 Å². The third kappa shape index (κ3) is 4.90. The zero-order chi connectivity index (χ0) is 24.0. The van der Waals surface area contributed by atoms with Crippen molar-refractivity contribution in [3.05, 3.63) is 53.6 Å². The molecule has 12 heteroatoms. The second kappa shape index (κ2) is 8.37. The summed E-state index contributed by atoms with van der Waals surface area (Å²) < 4.78 is 69.8. The SMILES string of the molecule is C[C@]12C[C@H](NS(=O)(=O)c3ccccc3Cl)CN1C(=O)N(c1ccc(OCC(F)(F)F)cc1)C2. The molecule has 33 heavy (non-hydrogen) atoms. The number of urea groups is 1. The minimum Gasteiger partial charge on any atom is -0.484 e. The van der Waals surface area contributed by atoms with Crippen LogP contribution < -0.4 is 14.4 Å². The summed E-state index contributed by atoms with van der Waals surface area (Å²) in [5.74, 6) is 0.0449. The average Bonchev–Trinajstić information content (AvgIpc) is 3.17. The van der Waals surface area contributed by atoms with E-state index in [1.807, 2.05) is 6.92 Å². The predicted octanol–water partition coefficient (Wildman–Crippen LogP) is 4.03. The smallest absolute Gasteiger partial charge is 0.422 e. The van der Waals surface area contributed by atoms with Gasteiger partial charge in [0.1, 0.15) is 10.6 Å². The molecule has 2 fully saturated rings. The third-order valence-corrected chi connectivity index (χ3v) is 7.72. The van der Waals surface area contributed by atoms with Crippen LogP contribution in [0, 0.1) is 0 Å². The molecular formula is C21H21ClF3N3O4S. The van der Waals surface area contributed by atoms with Gasteiger partial charge in [-0.1, -0.05) is 23.7 Å². The molecule has 0 saturated carbocycles. The highest BCUT2D eigenvalue weighted by atomic mass is 35.5. The number of ether oxygens (including phenoxy) is 1. The summed E-state index contributed by atoms with van der Waals surface area (Å²) >= 11 is 6.03. The van der Waals surface area contributed by atoms with Crippen LogP contribution in [0.3, 0.4) is 0 Å². The highest BCUT2D eigenvalue weighted by Gasteiger charge is 2.53. The Balaban J connectivity index is 1.43. The van der Waals surface area contributed by atoms with E-state index in [4.69, 9.17) is 16.3 Å². The van der Waals surface area contributed by atoms with Crippen molar-refractivity contribution in [3.8, 4) is 5.75 Å². The molecule has 0 radical (unpaired) electrons. The Kier molecular flexibility index (Phi) is 6.00. The minimum atomic E-state index is -4.44. The fourth-order valence-corrected chi connectivity index (χ4v) is 6.02. The molecule has 2 amide bonds. The van der Waals surface area contributed by atoms with E-state index < -0.39 is 34.4 Å². The number of halogens is 4. The van der Waals surface area contributed by atoms with Crippen LogP contribution >= 0.6 is 11.6 Å². The quantitative estimate of drug-likeness (QED) is 0.645. The Morgan fingerprint density at radius 2 is 1.85 bits per heavy atom.